The second kappa shape index (κ2) is 8.69. The van der Waals surface area contributed by atoms with E-state index in [1.54, 1.807) is 67.8 Å². The smallest absolute Gasteiger partial charge is 0.235 e. The van der Waals surface area contributed by atoms with Crippen LogP contribution in [0.3, 0.4) is 0 Å². The Morgan fingerprint density at radius 3 is 2.40 bits per heavy atom. The van der Waals surface area contributed by atoms with Gasteiger partial charge in [-0.1, -0.05) is 35.3 Å². The molecule has 0 bridgehead atoms. The molecule has 3 aromatic carbocycles. The molecule has 0 N–H and O–H groups in total. The molecule has 0 unspecified atom stereocenters. The molecule has 0 fully saturated rings. The normalized spacial score (nSPS) is 10.8. The zero-order valence-electron chi connectivity index (χ0n) is 15.9. The summed E-state index contributed by atoms with van der Waals surface area (Å²) in [7, 11) is 1.56. The van der Waals surface area contributed by atoms with Gasteiger partial charge < -0.3 is 18.6 Å². The van der Waals surface area contributed by atoms with E-state index < -0.39 is 0 Å². The zero-order chi connectivity index (χ0) is 21.1. The van der Waals surface area contributed by atoms with Gasteiger partial charge in [-0.2, -0.15) is 0 Å². The van der Waals surface area contributed by atoms with Gasteiger partial charge in [-0.15, -0.1) is 0 Å². The SMILES string of the molecule is COc1cccc(Oc2coc3cc(OCc4c(Cl)cccc4Cl)ccc3c2=O)c1. The highest BCUT2D eigenvalue weighted by Crippen LogP contribution is 2.28. The van der Waals surface area contributed by atoms with Crippen molar-refractivity contribution in [1.82, 2.24) is 0 Å². The largest absolute Gasteiger partial charge is 0.497 e. The van der Waals surface area contributed by atoms with Crippen LogP contribution in [0.4, 0.5) is 0 Å². The van der Waals surface area contributed by atoms with E-state index >= 15 is 0 Å². The van der Waals surface area contributed by atoms with Crippen molar-refractivity contribution in [2.45, 2.75) is 6.61 Å². The van der Waals surface area contributed by atoms with Crippen molar-refractivity contribution in [3.63, 3.8) is 0 Å². The molecular formula is C23H16Cl2O5. The molecule has 5 nitrogen and oxygen atoms in total. The summed E-state index contributed by atoms with van der Waals surface area (Å²) in [6.07, 6.45) is 1.28. The Bertz CT molecular complexity index is 1250. The number of hydrogen-bond donors (Lipinski definition) is 0. The molecule has 152 valence electrons. The van der Waals surface area contributed by atoms with E-state index in [-0.39, 0.29) is 17.8 Å². The minimum Gasteiger partial charge on any atom is -0.497 e. The Kier molecular flexibility index (Phi) is 5.84. The molecule has 1 aromatic heterocycles. The third-order valence-corrected chi connectivity index (χ3v) is 5.14. The molecule has 0 saturated heterocycles. The van der Waals surface area contributed by atoms with Crippen molar-refractivity contribution >= 4 is 34.2 Å². The molecule has 0 aliphatic rings. The van der Waals surface area contributed by atoms with Gasteiger partial charge in [0.15, 0.2) is 0 Å². The Morgan fingerprint density at radius 1 is 0.900 bits per heavy atom. The summed E-state index contributed by atoms with van der Waals surface area (Å²) < 4.78 is 22.2. The summed E-state index contributed by atoms with van der Waals surface area (Å²) in [5, 5.41) is 1.42. The molecule has 7 heteroatoms. The molecule has 0 aliphatic carbocycles. The summed E-state index contributed by atoms with van der Waals surface area (Å²) in [5.74, 6) is 1.69. The molecule has 0 amide bonds. The van der Waals surface area contributed by atoms with E-state index in [1.807, 2.05) is 0 Å². The van der Waals surface area contributed by atoms with E-state index in [2.05, 4.69) is 0 Å². The first-order chi connectivity index (χ1) is 14.5. The summed E-state index contributed by atoms with van der Waals surface area (Å²) in [4.78, 5) is 12.8. The summed E-state index contributed by atoms with van der Waals surface area (Å²) in [5.41, 5.74) is 0.768. The Hall–Kier alpha value is -3.15. The maximum absolute atomic E-state index is 12.8. The molecule has 4 rings (SSSR count). The minimum absolute atomic E-state index is 0.0762. The highest BCUT2D eigenvalue weighted by Gasteiger charge is 2.12. The first-order valence-corrected chi connectivity index (χ1v) is 9.74. The van der Waals surface area contributed by atoms with Gasteiger partial charge in [-0.3, -0.25) is 4.79 Å². The monoisotopic (exact) mass is 442 g/mol. The maximum Gasteiger partial charge on any atom is 0.235 e. The van der Waals surface area contributed by atoms with E-state index in [0.717, 1.165) is 0 Å². The quantitative estimate of drug-likeness (QED) is 0.341. The Morgan fingerprint density at radius 2 is 1.63 bits per heavy atom. The van der Waals surface area contributed by atoms with Crippen LogP contribution in [-0.2, 0) is 6.61 Å². The second-order valence-corrected chi connectivity index (χ2v) is 7.17. The van der Waals surface area contributed by atoms with Gasteiger partial charge in [-0.25, -0.2) is 0 Å². The molecule has 30 heavy (non-hydrogen) atoms. The van der Waals surface area contributed by atoms with E-state index in [4.69, 9.17) is 41.8 Å². The van der Waals surface area contributed by atoms with Crippen LogP contribution in [0.2, 0.25) is 10.0 Å². The molecular weight excluding hydrogens is 427 g/mol. The van der Waals surface area contributed by atoms with Crippen LogP contribution in [0, 0.1) is 0 Å². The van der Waals surface area contributed by atoms with Crippen LogP contribution in [0.15, 0.2) is 76.1 Å². The lowest BCUT2D eigenvalue weighted by atomic mass is 10.2. The fourth-order valence-electron chi connectivity index (χ4n) is 2.87. The summed E-state index contributed by atoms with van der Waals surface area (Å²) >= 11 is 12.3. The Balaban J connectivity index is 1.57. The Labute approximate surface area is 182 Å². The maximum atomic E-state index is 12.8. The number of rotatable bonds is 6. The average molecular weight is 443 g/mol. The van der Waals surface area contributed by atoms with Gasteiger partial charge in [0.25, 0.3) is 0 Å². The van der Waals surface area contributed by atoms with Gasteiger partial charge in [0.2, 0.25) is 11.2 Å². The minimum atomic E-state index is -0.292. The molecule has 0 saturated carbocycles. The van der Waals surface area contributed by atoms with Gasteiger partial charge in [0, 0.05) is 27.7 Å². The lowest BCUT2D eigenvalue weighted by Crippen LogP contribution is -2.05. The molecule has 1 heterocycles. The summed E-state index contributed by atoms with van der Waals surface area (Å²) in [6, 6.07) is 17.2. The van der Waals surface area contributed by atoms with Gasteiger partial charge in [0.05, 0.1) is 12.5 Å². The molecule has 0 spiro atoms. The van der Waals surface area contributed by atoms with Crippen molar-refractivity contribution in [3.05, 3.63) is 92.8 Å². The van der Waals surface area contributed by atoms with Crippen molar-refractivity contribution in [2.75, 3.05) is 7.11 Å². The number of methoxy groups -OCH3 is 1. The lowest BCUT2D eigenvalue weighted by Gasteiger charge is -2.10. The fraction of sp³-hybridized carbons (Fsp3) is 0.0870. The number of fused-ring (bicyclic) bond motifs is 1. The van der Waals surface area contributed by atoms with E-state index in [9.17, 15) is 4.79 Å². The first kappa shape index (κ1) is 20.1. The second-order valence-electron chi connectivity index (χ2n) is 6.36. The van der Waals surface area contributed by atoms with Crippen LogP contribution in [0.1, 0.15) is 5.56 Å². The number of halogens is 2. The van der Waals surface area contributed by atoms with Crippen LogP contribution in [0.25, 0.3) is 11.0 Å². The van der Waals surface area contributed by atoms with Crippen molar-refractivity contribution in [3.8, 4) is 23.0 Å². The van der Waals surface area contributed by atoms with Gasteiger partial charge >= 0.3 is 0 Å². The molecule has 0 radical (unpaired) electrons. The number of hydrogen-bond acceptors (Lipinski definition) is 5. The number of benzene rings is 3. The van der Waals surface area contributed by atoms with E-state index in [1.165, 1.54) is 6.26 Å². The molecule has 4 aromatic rings. The predicted octanol–water partition coefficient (Wildman–Crippen LogP) is 6.48. The summed E-state index contributed by atoms with van der Waals surface area (Å²) in [6.45, 7) is 0.186. The third-order valence-electron chi connectivity index (χ3n) is 4.43. The van der Waals surface area contributed by atoms with Crippen molar-refractivity contribution in [2.24, 2.45) is 0 Å². The van der Waals surface area contributed by atoms with Crippen molar-refractivity contribution in [1.29, 1.82) is 0 Å². The van der Waals surface area contributed by atoms with E-state index in [0.29, 0.717) is 43.8 Å². The standard InChI is InChI=1S/C23H16Cl2O5/c1-27-14-4-2-5-16(10-14)30-22-13-29-21-11-15(8-9-17(21)23(22)26)28-12-18-19(24)6-3-7-20(18)25/h2-11,13H,12H2,1H3. The fourth-order valence-corrected chi connectivity index (χ4v) is 3.38. The average Bonchev–Trinajstić information content (AvgIpc) is 2.75. The molecule has 0 aliphatic heterocycles. The van der Waals surface area contributed by atoms with Crippen LogP contribution in [0.5, 0.6) is 23.0 Å². The third kappa shape index (κ3) is 4.22. The zero-order valence-corrected chi connectivity index (χ0v) is 17.4. The first-order valence-electron chi connectivity index (χ1n) is 8.98. The highest BCUT2D eigenvalue weighted by atomic mass is 35.5. The van der Waals surface area contributed by atoms with Crippen LogP contribution < -0.4 is 19.6 Å². The van der Waals surface area contributed by atoms with Crippen LogP contribution >= 0.6 is 23.2 Å². The predicted molar refractivity (Wildman–Crippen MR) is 116 cm³/mol. The van der Waals surface area contributed by atoms with Crippen LogP contribution in [-0.4, -0.2) is 7.11 Å². The number of ether oxygens (including phenoxy) is 3. The van der Waals surface area contributed by atoms with Crippen molar-refractivity contribution < 1.29 is 18.6 Å². The van der Waals surface area contributed by atoms with Gasteiger partial charge in [0.1, 0.15) is 35.7 Å². The topological polar surface area (TPSA) is 57.9 Å². The highest BCUT2D eigenvalue weighted by molar-refractivity contribution is 6.35. The van der Waals surface area contributed by atoms with Gasteiger partial charge in [-0.05, 0) is 36.4 Å². The molecule has 0 atom stereocenters. The lowest BCUT2D eigenvalue weighted by molar-refractivity contribution is 0.306.